The average molecular weight is 343 g/mol. The zero-order valence-electron chi connectivity index (χ0n) is 11.0. The van der Waals surface area contributed by atoms with E-state index in [9.17, 15) is 9.59 Å². The molecule has 108 valence electrons. The number of ether oxygens (including phenoxy) is 2. The first-order valence-electron chi connectivity index (χ1n) is 5.93. The standard InChI is InChI=1S/C14H15BrO5/c1-19-14(18)3-2-8-20-12-6-4-10(9-11(12)15)5-7-13(16)17/h4-7,9H,2-3,8H2,1H3,(H,16,17). The number of esters is 1. The summed E-state index contributed by atoms with van der Waals surface area (Å²) in [6, 6.07) is 5.25. The van der Waals surface area contributed by atoms with Gasteiger partial charge in [0.1, 0.15) is 5.75 Å². The van der Waals surface area contributed by atoms with Gasteiger partial charge < -0.3 is 14.6 Å². The Labute approximate surface area is 125 Å². The fourth-order valence-electron chi connectivity index (χ4n) is 1.41. The van der Waals surface area contributed by atoms with Crippen LogP contribution in [0.25, 0.3) is 6.08 Å². The molecule has 20 heavy (non-hydrogen) atoms. The Kier molecular flexibility index (Phi) is 6.79. The average Bonchev–Trinajstić information content (AvgIpc) is 2.42. The minimum Gasteiger partial charge on any atom is -0.492 e. The molecule has 1 rings (SSSR count). The number of benzene rings is 1. The van der Waals surface area contributed by atoms with Crippen molar-refractivity contribution in [1.29, 1.82) is 0 Å². The molecule has 1 aromatic carbocycles. The molecular weight excluding hydrogens is 328 g/mol. The van der Waals surface area contributed by atoms with E-state index in [0.29, 0.717) is 25.2 Å². The van der Waals surface area contributed by atoms with Crippen LogP contribution in [-0.2, 0) is 14.3 Å². The molecule has 0 fully saturated rings. The number of halogens is 1. The van der Waals surface area contributed by atoms with Crippen LogP contribution in [-0.4, -0.2) is 30.8 Å². The summed E-state index contributed by atoms with van der Waals surface area (Å²) in [4.78, 5) is 21.3. The van der Waals surface area contributed by atoms with E-state index in [0.717, 1.165) is 16.1 Å². The largest absolute Gasteiger partial charge is 0.492 e. The quantitative estimate of drug-likeness (QED) is 0.468. The molecule has 0 spiro atoms. The van der Waals surface area contributed by atoms with Crippen molar-refractivity contribution in [3.63, 3.8) is 0 Å². The molecule has 1 aromatic rings. The van der Waals surface area contributed by atoms with Gasteiger partial charge in [0.2, 0.25) is 0 Å². The highest BCUT2D eigenvalue weighted by Crippen LogP contribution is 2.26. The molecule has 6 heteroatoms. The van der Waals surface area contributed by atoms with E-state index in [4.69, 9.17) is 9.84 Å². The van der Waals surface area contributed by atoms with Crippen molar-refractivity contribution in [2.24, 2.45) is 0 Å². The van der Waals surface area contributed by atoms with Crippen LogP contribution in [0.2, 0.25) is 0 Å². The number of aliphatic carboxylic acids is 1. The molecule has 0 saturated heterocycles. The fourth-order valence-corrected chi connectivity index (χ4v) is 1.92. The highest BCUT2D eigenvalue weighted by molar-refractivity contribution is 9.10. The van der Waals surface area contributed by atoms with Crippen molar-refractivity contribution in [1.82, 2.24) is 0 Å². The number of carbonyl (C=O) groups excluding carboxylic acids is 1. The molecule has 0 bridgehead atoms. The van der Waals surface area contributed by atoms with Crippen LogP contribution in [0.15, 0.2) is 28.7 Å². The summed E-state index contributed by atoms with van der Waals surface area (Å²) in [5.74, 6) is -0.617. The lowest BCUT2D eigenvalue weighted by atomic mass is 10.2. The second-order valence-corrected chi connectivity index (χ2v) is 4.74. The van der Waals surface area contributed by atoms with E-state index in [-0.39, 0.29) is 5.97 Å². The predicted octanol–water partition coefficient (Wildman–Crippen LogP) is 2.88. The number of carboxylic acid groups (broad SMARTS) is 1. The Morgan fingerprint density at radius 1 is 1.40 bits per heavy atom. The Hall–Kier alpha value is -1.82. The molecule has 0 aliphatic rings. The summed E-state index contributed by atoms with van der Waals surface area (Å²) < 4.78 is 10.8. The van der Waals surface area contributed by atoms with Crippen LogP contribution in [0.1, 0.15) is 18.4 Å². The van der Waals surface area contributed by atoms with Crippen molar-refractivity contribution in [2.75, 3.05) is 13.7 Å². The van der Waals surface area contributed by atoms with Crippen molar-refractivity contribution in [2.45, 2.75) is 12.8 Å². The van der Waals surface area contributed by atoms with Crippen LogP contribution < -0.4 is 4.74 Å². The summed E-state index contributed by atoms with van der Waals surface area (Å²) in [5, 5.41) is 8.55. The van der Waals surface area contributed by atoms with Gasteiger partial charge in [0, 0.05) is 12.5 Å². The highest BCUT2D eigenvalue weighted by atomic mass is 79.9. The first-order valence-corrected chi connectivity index (χ1v) is 6.72. The summed E-state index contributed by atoms with van der Waals surface area (Å²) in [6.07, 6.45) is 3.44. The lowest BCUT2D eigenvalue weighted by molar-refractivity contribution is -0.140. The molecule has 5 nitrogen and oxygen atoms in total. The number of hydrogen-bond acceptors (Lipinski definition) is 4. The van der Waals surface area contributed by atoms with Gasteiger partial charge in [0.05, 0.1) is 18.2 Å². The normalized spacial score (nSPS) is 10.5. The third-order valence-corrected chi connectivity index (χ3v) is 3.00. The first-order chi connectivity index (χ1) is 9.52. The van der Waals surface area contributed by atoms with Gasteiger partial charge in [0.15, 0.2) is 0 Å². The Balaban J connectivity index is 2.51. The third-order valence-electron chi connectivity index (χ3n) is 2.38. The maximum absolute atomic E-state index is 10.9. The minimum atomic E-state index is -0.996. The zero-order chi connectivity index (χ0) is 15.0. The van der Waals surface area contributed by atoms with E-state index >= 15 is 0 Å². The summed E-state index contributed by atoms with van der Waals surface area (Å²) in [5.41, 5.74) is 0.751. The van der Waals surface area contributed by atoms with E-state index in [1.807, 2.05) is 0 Å². The Morgan fingerprint density at radius 3 is 2.75 bits per heavy atom. The third kappa shape index (κ3) is 5.88. The molecule has 0 heterocycles. The topological polar surface area (TPSA) is 72.8 Å². The molecule has 0 aliphatic carbocycles. The number of hydrogen-bond donors (Lipinski definition) is 1. The van der Waals surface area contributed by atoms with Crippen LogP contribution in [0, 0.1) is 0 Å². The van der Waals surface area contributed by atoms with Crippen LogP contribution >= 0.6 is 15.9 Å². The maximum Gasteiger partial charge on any atom is 0.328 e. The molecule has 0 aliphatic heterocycles. The number of methoxy groups -OCH3 is 1. The number of carbonyl (C=O) groups is 2. The summed E-state index contributed by atoms with van der Waals surface area (Å²) in [7, 11) is 1.35. The molecule has 0 saturated carbocycles. The van der Waals surface area contributed by atoms with E-state index in [1.165, 1.54) is 13.2 Å². The lowest BCUT2D eigenvalue weighted by Crippen LogP contribution is -2.04. The van der Waals surface area contributed by atoms with Crippen LogP contribution in [0.3, 0.4) is 0 Å². The molecule has 0 unspecified atom stereocenters. The monoisotopic (exact) mass is 342 g/mol. The maximum atomic E-state index is 10.9. The zero-order valence-corrected chi connectivity index (χ0v) is 12.6. The van der Waals surface area contributed by atoms with E-state index in [1.54, 1.807) is 18.2 Å². The molecule has 1 N–H and O–H groups in total. The van der Waals surface area contributed by atoms with Gasteiger partial charge in [-0.3, -0.25) is 4.79 Å². The van der Waals surface area contributed by atoms with Gasteiger partial charge in [-0.25, -0.2) is 4.79 Å². The second-order valence-electron chi connectivity index (χ2n) is 3.89. The molecule has 0 aromatic heterocycles. The molecule has 0 amide bonds. The van der Waals surface area contributed by atoms with Crippen molar-refractivity contribution in [3.05, 3.63) is 34.3 Å². The molecular formula is C14H15BrO5. The van der Waals surface area contributed by atoms with Crippen molar-refractivity contribution < 1.29 is 24.2 Å². The van der Waals surface area contributed by atoms with Gasteiger partial charge in [-0.05, 0) is 46.1 Å². The fraction of sp³-hybridized carbons (Fsp3) is 0.286. The summed E-state index contributed by atoms with van der Waals surface area (Å²) >= 11 is 3.35. The van der Waals surface area contributed by atoms with E-state index < -0.39 is 5.97 Å². The van der Waals surface area contributed by atoms with Gasteiger partial charge in [-0.15, -0.1) is 0 Å². The Morgan fingerprint density at radius 2 is 2.15 bits per heavy atom. The predicted molar refractivity (Wildman–Crippen MR) is 77.6 cm³/mol. The van der Waals surface area contributed by atoms with E-state index in [2.05, 4.69) is 20.7 Å². The van der Waals surface area contributed by atoms with Gasteiger partial charge in [0.25, 0.3) is 0 Å². The van der Waals surface area contributed by atoms with Crippen molar-refractivity contribution in [3.8, 4) is 5.75 Å². The number of carboxylic acids is 1. The van der Waals surface area contributed by atoms with Crippen LogP contribution in [0.4, 0.5) is 0 Å². The smallest absolute Gasteiger partial charge is 0.328 e. The minimum absolute atomic E-state index is 0.262. The van der Waals surface area contributed by atoms with Gasteiger partial charge in [-0.1, -0.05) is 6.07 Å². The second kappa shape index (κ2) is 8.37. The lowest BCUT2D eigenvalue weighted by Gasteiger charge is -2.08. The Bertz CT molecular complexity index is 510. The SMILES string of the molecule is COC(=O)CCCOc1ccc(C=CC(=O)O)cc1Br. The summed E-state index contributed by atoms with van der Waals surface area (Å²) in [6.45, 7) is 0.401. The molecule has 0 atom stereocenters. The first kappa shape index (κ1) is 16.2. The van der Waals surface area contributed by atoms with Gasteiger partial charge >= 0.3 is 11.9 Å². The highest BCUT2D eigenvalue weighted by Gasteiger charge is 2.04. The number of rotatable bonds is 7. The molecule has 0 radical (unpaired) electrons. The van der Waals surface area contributed by atoms with Gasteiger partial charge in [-0.2, -0.15) is 0 Å². The van der Waals surface area contributed by atoms with Crippen molar-refractivity contribution >= 4 is 33.9 Å². The van der Waals surface area contributed by atoms with Crippen LogP contribution in [0.5, 0.6) is 5.75 Å².